The fourth-order valence-corrected chi connectivity index (χ4v) is 4.14. The summed E-state index contributed by atoms with van der Waals surface area (Å²) in [6.07, 6.45) is 0. The topological polar surface area (TPSA) is 47.6 Å². The molecule has 2 heterocycles. The predicted molar refractivity (Wildman–Crippen MR) is 82.1 cm³/mol. The molecule has 0 aromatic carbocycles. The van der Waals surface area contributed by atoms with Gasteiger partial charge in [0.2, 0.25) is 0 Å². The molecule has 0 N–H and O–H groups in total. The van der Waals surface area contributed by atoms with Gasteiger partial charge in [0.25, 0.3) is 0 Å². The summed E-state index contributed by atoms with van der Waals surface area (Å²) in [7, 11) is 0. The molecule has 0 aliphatic carbocycles. The molecule has 18 heavy (non-hydrogen) atoms. The van der Waals surface area contributed by atoms with E-state index in [0.717, 1.165) is 17.3 Å². The number of thiophene rings is 2. The van der Waals surface area contributed by atoms with Gasteiger partial charge in [0.15, 0.2) is 0 Å². The number of nitrogens with zero attached hydrogens (tertiary/aromatic N) is 2. The van der Waals surface area contributed by atoms with Crippen LogP contribution in [0.15, 0.2) is 31.8 Å². The van der Waals surface area contributed by atoms with Crippen LogP contribution in [-0.2, 0) is 0 Å². The van der Waals surface area contributed by atoms with Gasteiger partial charge in [0.1, 0.15) is 12.1 Å². The first-order valence-corrected chi connectivity index (χ1v) is 7.93. The van der Waals surface area contributed by atoms with Crippen molar-refractivity contribution in [3.05, 3.63) is 41.6 Å². The van der Waals surface area contributed by atoms with E-state index in [9.17, 15) is 10.5 Å². The van der Waals surface area contributed by atoms with Gasteiger partial charge in [-0.2, -0.15) is 10.5 Å². The largest absolute Gasteiger partial charge is 0.192 e. The molecular formula is C12H4Br2N2S2. The van der Waals surface area contributed by atoms with E-state index in [1.165, 1.54) is 22.7 Å². The van der Waals surface area contributed by atoms with E-state index >= 15 is 0 Å². The Hall–Kier alpha value is -0.920. The van der Waals surface area contributed by atoms with Gasteiger partial charge >= 0.3 is 0 Å². The lowest BCUT2D eigenvalue weighted by atomic mass is 10.1. The second-order valence-electron chi connectivity index (χ2n) is 3.18. The lowest BCUT2D eigenvalue weighted by molar-refractivity contribution is 1.52. The summed E-state index contributed by atoms with van der Waals surface area (Å²) in [4.78, 5) is 1.59. The smallest absolute Gasteiger partial charge is 0.102 e. The molecule has 2 rings (SSSR count). The number of halogens is 2. The molecule has 0 amide bonds. The number of nitriles is 2. The highest BCUT2D eigenvalue weighted by atomic mass is 79.9. The van der Waals surface area contributed by atoms with Crippen LogP contribution in [0.3, 0.4) is 0 Å². The maximum absolute atomic E-state index is 9.28. The van der Waals surface area contributed by atoms with Gasteiger partial charge in [-0.1, -0.05) is 0 Å². The zero-order valence-corrected chi connectivity index (χ0v) is 13.6. The molecule has 0 fully saturated rings. The molecule has 2 aromatic heterocycles. The minimum atomic E-state index is 0.419. The van der Waals surface area contributed by atoms with E-state index in [4.69, 9.17) is 0 Å². The average Bonchev–Trinajstić information content (AvgIpc) is 2.95. The van der Waals surface area contributed by atoms with E-state index in [0.29, 0.717) is 11.1 Å². The summed E-state index contributed by atoms with van der Waals surface area (Å²) in [5, 5.41) is 18.6. The summed E-state index contributed by atoms with van der Waals surface area (Å²) >= 11 is 9.61. The molecule has 0 saturated heterocycles. The van der Waals surface area contributed by atoms with E-state index < -0.39 is 0 Å². The Morgan fingerprint density at radius 3 is 1.44 bits per heavy atom. The Morgan fingerprint density at radius 1 is 0.833 bits per heavy atom. The monoisotopic (exact) mass is 398 g/mol. The molecular weight excluding hydrogens is 396 g/mol. The van der Waals surface area contributed by atoms with Crippen LogP contribution in [0, 0.1) is 22.7 Å². The van der Waals surface area contributed by atoms with Crippen molar-refractivity contribution in [1.82, 2.24) is 0 Å². The SMILES string of the molecule is N#C/C(=C(/C#N)c1ccc(Br)s1)c1ccc(Br)s1. The van der Waals surface area contributed by atoms with Gasteiger partial charge in [-0.25, -0.2) is 0 Å². The highest BCUT2D eigenvalue weighted by Crippen LogP contribution is 2.35. The van der Waals surface area contributed by atoms with Crippen LogP contribution in [0.4, 0.5) is 0 Å². The Labute approximate surface area is 129 Å². The lowest BCUT2D eigenvalue weighted by Crippen LogP contribution is -1.83. The number of hydrogen-bond donors (Lipinski definition) is 0. The van der Waals surface area contributed by atoms with Crippen LogP contribution >= 0.6 is 54.5 Å². The van der Waals surface area contributed by atoms with Crippen molar-refractivity contribution < 1.29 is 0 Å². The highest BCUT2D eigenvalue weighted by molar-refractivity contribution is 9.11. The van der Waals surface area contributed by atoms with Gasteiger partial charge in [-0.15, -0.1) is 22.7 Å². The fourth-order valence-electron chi connectivity index (χ4n) is 1.37. The molecule has 0 spiro atoms. The normalized spacial score (nSPS) is 11.6. The molecule has 0 radical (unpaired) electrons. The van der Waals surface area contributed by atoms with Crippen molar-refractivity contribution in [3.8, 4) is 12.1 Å². The third kappa shape index (κ3) is 2.73. The van der Waals surface area contributed by atoms with Gasteiger partial charge in [-0.05, 0) is 56.1 Å². The third-order valence-electron chi connectivity index (χ3n) is 2.11. The average molecular weight is 400 g/mol. The molecule has 0 unspecified atom stereocenters. The lowest BCUT2D eigenvalue weighted by Gasteiger charge is -1.98. The van der Waals surface area contributed by atoms with Crippen molar-refractivity contribution in [2.45, 2.75) is 0 Å². The van der Waals surface area contributed by atoms with Crippen LogP contribution < -0.4 is 0 Å². The molecule has 2 nitrogen and oxygen atoms in total. The van der Waals surface area contributed by atoms with E-state index in [1.54, 1.807) is 0 Å². The minimum absolute atomic E-state index is 0.419. The Bertz CT molecular complexity index is 638. The first-order chi connectivity index (χ1) is 8.65. The Kier molecular flexibility index (Phi) is 4.36. The standard InChI is InChI=1S/C12H4Br2N2S2/c13-11-3-1-9(17-11)7(5-15)8(6-16)10-2-4-12(14)18-10/h1-4H/b8-7+. The van der Waals surface area contributed by atoms with Crippen molar-refractivity contribution >= 4 is 65.7 Å². The summed E-state index contributed by atoms with van der Waals surface area (Å²) < 4.78 is 1.88. The van der Waals surface area contributed by atoms with Crippen LogP contribution in [0.5, 0.6) is 0 Å². The summed E-state index contributed by atoms with van der Waals surface area (Å²) in [6.45, 7) is 0. The summed E-state index contributed by atoms with van der Waals surface area (Å²) in [5.74, 6) is 0. The van der Waals surface area contributed by atoms with Crippen LogP contribution in [0.2, 0.25) is 0 Å². The number of rotatable bonds is 2. The van der Waals surface area contributed by atoms with Gasteiger partial charge in [0.05, 0.1) is 18.7 Å². The molecule has 0 bridgehead atoms. The second-order valence-corrected chi connectivity index (χ2v) is 8.11. The molecule has 6 heteroatoms. The van der Waals surface area contributed by atoms with E-state index in [2.05, 4.69) is 44.0 Å². The van der Waals surface area contributed by atoms with Crippen LogP contribution in [0.1, 0.15) is 9.75 Å². The van der Waals surface area contributed by atoms with Gasteiger partial charge in [-0.3, -0.25) is 0 Å². The first kappa shape index (κ1) is 13.5. The van der Waals surface area contributed by atoms with Crippen LogP contribution in [-0.4, -0.2) is 0 Å². The Balaban J connectivity index is 2.61. The quantitative estimate of drug-likeness (QED) is 0.643. The van der Waals surface area contributed by atoms with E-state index in [-0.39, 0.29) is 0 Å². The molecule has 88 valence electrons. The summed E-state index contributed by atoms with van der Waals surface area (Å²) in [6, 6.07) is 11.7. The fraction of sp³-hybridized carbons (Fsp3) is 0. The number of allylic oxidation sites excluding steroid dienone is 2. The molecule has 0 saturated carbocycles. The van der Waals surface area contributed by atoms with Crippen molar-refractivity contribution in [3.63, 3.8) is 0 Å². The molecule has 0 aliphatic rings. The first-order valence-electron chi connectivity index (χ1n) is 4.71. The highest BCUT2D eigenvalue weighted by Gasteiger charge is 2.14. The van der Waals surface area contributed by atoms with E-state index in [1.807, 2.05) is 24.3 Å². The predicted octanol–water partition coefficient (Wildman–Crippen LogP) is 5.29. The summed E-state index contributed by atoms with van der Waals surface area (Å²) in [5.41, 5.74) is 0.838. The van der Waals surface area contributed by atoms with Crippen molar-refractivity contribution in [2.24, 2.45) is 0 Å². The number of hydrogen-bond acceptors (Lipinski definition) is 4. The maximum atomic E-state index is 9.28. The zero-order chi connectivity index (χ0) is 13.1. The minimum Gasteiger partial charge on any atom is -0.192 e. The zero-order valence-electron chi connectivity index (χ0n) is 8.78. The molecule has 0 aliphatic heterocycles. The van der Waals surface area contributed by atoms with Crippen LogP contribution in [0.25, 0.3) is 11.1 Å². The van der Waals surface area contributed by atoms with Crippen molar-refractivity contribution in [2.75, 3.05) is 0 Å². The maximum Gasteiger partial charge on any atom is 0.102 e. The molecule has 0 atom stereocenters. The third-order valence-corrected chi connectivity index (χ3v) is 5.40. The van der Waals surface area contributed by atoms with Crippen molar-refractivity contribution in [1.29, 1.82) is 10.5 Å². The second kappa shape index (κ2) is 5.81. The molecule has 2 aromatic rings. The van der Waals surface area contributed by atoms with Gasteiger partial charge < -0.3 is 0 Å². The Morgan fingerprint density at radius 2 is 1.22 bits per heavy atom. The van der Waals surface area contributed by atoms with Gasteiger partial charge in [0, 0.05) is 9.75 Å².